The van der Waals surface area contributed by atoms with Gasteiger partial charge >= 0.3 is 6.18 Å². The molecule has 10 heteroatoms. The van der Waals surface area contributed by atoms with Crippen LogP contribution in [0.3, 0.4) is 0 Å². The van der Waals surface area contributed by atoms with Gasteiger partial charge in [-0.15, -0.1) is 0 Å². The maximum atomic E-state index is 13.2. The smallest absolute Gasteiger partial charge is 0.350 e. The Morgan fingerprint density at radius 1 is 0.971 bits per heavy atom. The van der Waals surface area contributed by atoms with Crippen LogP contribution < -0.4 is 10.6 Å². The van der Waals surface area contributed by atoms with Gasteiger partial charge in [-0.2, -0.15) is 13.2 Å². The average molecular weight is 492 g/mol. The molecule has 6 nitrogen and oxygen atoms in total. The summed E-state index contributed by atoms with van der Waals surface area (Å²) in [6, 6.07) is 10.3. The van der Waals surface area contributed by atoms with Crippen molar-refractivity contribution in [1.82, 2.24) is 4.90 Å². The van der Waals surface area contributed by atoms with E-state index in [0.29, 0.717) is 0 Å². The Morgan fingerprint density at radius 2 is 1.68 bits per heavy atom. The fourth-order valence-electron chi connectivity index (χ4n) is 4.21. The second kappa shape index (κ2) is 9.50. The van der Waals surface area contributed by atoms with Gasteiger partial charge in [0.1, 0.15) is 10.7 Å². The molecule has 1 aliphatic carbocycles. The van der Waals surface area contributed by atoms with Crippen LogP contribution in [0.4, 0.5) is 24.5 Å². The van der Waals surface area contributed by atoms with E-state index in [4.69, 9.17) is 11.6 Å². The molecule has 0 radical (unpaired) electrons. The molecule has 1 aliphatic heterocycles. The molecule has 2 aliphatic rings. The first-order chi connectivity index (χ1) is 16.2. The number of rotatable bonds is 5. The number of carbonyl (C=O) groups is 3. The fraction of sp³-hybridized carbons (Fsp3) is 0.292. The van der Waals surface area contributed by atoms with Crippen molar-refractivity contribution < 1.29 is 27.6 Å². The van der Waals surface area contributed by atoms with Crippen LogP contribution in [0.25, 0.3) is 0 Å². The van der Waals surface area contributed by atoms with E-state index in [1.807, 2.05) is 0 Å². The molecular weight excluding hydrogens is 471 g/mol. The van der Waals surface area contributed by atoms with E-state index in [0.717, 1.165) is 44.2 Å². The lowest BCUT2D eigenvalue weighted by molar-refractivity contribution is -0.141. The second-order valence-electron chi connectivity index (χ2n) is 8.16. The number of alkyl halides is 3. The van der Waals surface area contributed by atoms with Crippen LogP contribution in [-0.4, -0.2) is 28.7 Å². The average Bonchev–Trinajstić information content (AvgIpc) is 3.02. The van der Waals surface area contributed by atoms with Crippen molar-refractivity contribution in [1.29, 1.82) is 0 Å². The topological polar surface area (TPSA) is 78.5 Å². The lowest BCUT2D eigenvalue weighted by Crippen LogP contribution is -2.42. The molecule has 4 rings (SSSR count). The van der Waals surface area contributed by atoms with Crippen LogP contribution in [0.1, 0.15) is 48.0 Å². The molecular formula is C24H21ClF3N3O3. The molecule has 0 unspecified atom stereocenters. The van der Waals surface area contributed by atoms with Gasteiger partial charge in [0, 0.05) is 17.3 Å². The number of nitrogens with one attached hydrogen (secondary N) is 2. The van der Waals surface area contributed by atoms with E-state index >= 15 is 0 Å². The Labute approximate surface area is 198 Å². The molecule has 2 N–H and O–H groups in total. The van der Waals surface area contributed by atoms with Crippen LogP contribution >= 0.6 is 11.6 Å². The predicted molar refractivity (Wildman–Crippen MR) is 121 cm³/mol. The Hall–Kier alpha value is -3.33. The highest BCUT2D eigenvalue weighted by Gasteiger charge is 2.42. The standard InChI is InChI=1S/C24H21ClF3N3O3/c25-19-20(23(34)31(22(19)33)16-9-2-1-3-10-16)29-15-8-6-7-14(13-15)21(32)30-18-12-5-4-11-17(18)24(26,27)28/h4-8,11-13,16,29H,1-3,9-10H2,(H,30,32). The monoisotopic (exact) mass is 491 g/mol. The van der Waals surface area contributed by atoms with Crippen molar-refractivity contribution in [3.8, 4) is 0 Å². The lowest BCUT2D eigenvalue weighted by Gasteiger charge is -2.29. The second-order valence-corrected chi connectivity index (χ2v) is 8.54. The summed E-state index contributed by atoms with van der Waals surface area (Å²) in [4.78, 5) is 39.4. The summed E-state index contributed by atoms with van der Waals surface area (Å²) in [5, 5.41) is 4.85. The van der Waals surface area contributed by atoms with Gasteiger partial charge in [-0.3, -0.25) is 19.3 Å². The zero-order chi connectivity index (χ0) is 24.5. The summed E-state index contributed by atoms with van der Waals surface area (Å²) in [7, 11) is 0. The third-order valence-corrected chi connectivity index (χ3v) is 6.22. The minimum atomic E-state index is -4.63. The Morgan fingerprint density at radius 3 is 2.38 bits per heavy atom. The Kier molecular flexibility index (Phi) is 6.65. The molecule has 3 amide bonds. The van der Waals surface area contributed by atoms with Crippen LogP contribution in [0.15, 0.2) is 59.3 Å². The first-order valence-electron chi connectivity index (χ1n) is 10.8. The molecule has 0 spiro atoms. The maximum Gasteiger partial charge on any atom is 0.418 e. The van der Waals surface area contributed by atoms with E-state index in [2.05, 4.69) is 10.6 Å². The number of halogens is 4. The normalized spacial score (nSPS) is 17.4. The molecule has 1 fully saturated rings. The summed E-state index contributed by atoms with van der Waals surface area (Å²) in [5.74, 6) is -1.85. The van der Waals surface area contributed by atoms with Gasteiger partial charge in [0.25, 0.3) is 17.7 Å². The summed E-state index contributed by atoms with van der Waals surface area (Å²) in [6.07, 6.45) is -0.265. The Balaban J connectivity index is 1.52. The van der Waals surface area contributed by atoms with E-state index in [1.54, 1.807) is 6.07 Å². The van der Waals surface area contributed by atoms with Gasteiger partial charge < -0.3 is 10.6 Å². The van der Waals surface area contributed by atoms with E-state index in [1.165, 1.54) is 35.2 Å². The summed E-state index contributed by atoms with van der Waals surface area (Å²) >= 11 is 6.18. The third kappa shape index (κ3) is 4.79. The van der Waals surface area contributed by atoms with Gasteiger partial charge in [0.05, 0.1) is 11.3 Å². The lowest BCUT2D eigenvalue weighted by atomic mass is 9.94. The van der Waals surface area contributed by atoms with Crippen LogP contribution in [0.5, 0.6) is 0 Å². The largest absolute Gasteiger partial charge is 0.418 e. The summed E-state index contributed by atoms with van der Waals surface area (Å²) in [6.45, 7) is 0. The highest BCUT2D eigenvalue weighted by molar-refractivity contribution is 6.48. The van der Waals surface area contributed by atoms with Crippen LogP contribution in [0, 0.1) is 0 Å². The molecule has 0 atom stereocenters. The quantitative estimate of drug-likeness (QED) is 0.540. The molecule has 2 aromatic rings. The summed E-state index contributed by atoms with van der Waals surface area (Å²) in [5.41, 5.74) is -1.08. The van der Waals surface area contributed by atoms with E-state index < -0.39 is 29.5 Å². The highest BCUT2D eigenvalue weighted by atomic mass is 35.5. The van der Waals surface area contributed by atoms with Gasteiger partial charge in [-0.25, -0.2) is 0 Å². The number of hydrogen-bond acceptors (Lipinski definition) is 4. The molecule has 2 aromatic carbocycles. The molecule has 1 heterocycles. The highest BCUT2D eigenvalue weighted by Crippen LogP contribution is 2.35. The molecule has 0 saturated heterocycles. The molecule has 1 saturated carbocycles. The number of benzene rings is 2. The number of imide groups is 1. The van der Waals surface area contributed by atoms with Gasteiger partial charge in [-0.1, -0.05) is 49.1 Å². The zero-order valence-corrected chi connectivity index (χ0v) is 18.7. The van der Waals surface area contributed by atoms with Crippen molar-refractivity contribution in [2.75, 3.05) is 10.6 Å². The van der Waals surface area contributed by atoms with Gasteiger partial charge in [0.2, 0.25) is 0 Å². The minimum absolute atomic E-state index is 0.0552. The number of anilines is 2. The number of amides is 3. The molecule has 0 aromatic heterocycles. The van der Waals surface area contributed by atoms with E-state index in [-0.39, 0.29) is 33.7 Å². The molecule has 0 bridgehead atoms. The Bertz CT molecular complexity index is 1170. The van der Waals surface area contributed by atoms with Crippen molar-refractivity contribution in [2.45, 2.75) is 44.3 Å². The minimum Gasteiger partial charge on any atom is -0.350 e. The summed E-state index contributed by atoms with van der Waals surface area (Å²) < 4.78 is 39.7. The number of carbonyl (C=O) groups excluding carboxylic acids is 3. The number of para-hydroxylation sites is 1. The number of hydrogen-bond donors (Lipinski definition) is 2. The van der Waals surface area contributed by atoms with Gasteiger partial charge in [0.15, 0.2) is 0 Å². The van der Waals surface area contributed by atoms with E-state index in [9.17, 15) is 27.6 Å². The van der Waals surface area contributed by atoms with Crippen LogP contribution in [0.2, 0.25) is 0 Å². The SMILES string of the molecule is O=C(Nc1ccccc1C(F)(F)F)c1cccc(NC2=C(Cl)C(=O)N(C3CCCCC3)C2=O)c1. The first kappa shape index (κ1) is 23.8. The predicted octanol–water partition coefficient (Wildman–Crippen LogP) is 5.52. The van der Waals surface area contributed by atoms with Gasteiger partial charge in [-0.05, 0) is 43.2 Å². The third-order valence-electron chi connectivity index (χ3n) is 5.87. The van der Waals surface area contributed by atoms with Crippen molar-refractivity contribution in [2.24, 2.45) is 0 Å². The van der Waals surface area contributed by atoms with Crippen molar-refractivity contribution >= 4 is 40.7 Å². The van der Waals surface area contributed by atoms with Crippen molar-refractivity contribution in [3.63, 3.8) is 0 Å². The maximum absolute atomic E-state index is 13.2. The first-order valence-corrected chi connectivity index (χ1v) is 11.2. The zero-order valence-electron chi connectivity index (χ0n) is 17.9. The van der Waals surface area contributed by atoms with Crippen LogP contribution in [-0.2, 0) is 15.8 Å². The molecule has 34 heavy (non-hydrogen) atoms. The van der Waals surface area contributed by atoms with Crippen molar-refractivity contribution in [3.05, 3.63) is 70.4 Å². The number of nitrogens with zero attached hydrogens (tertiary/aromatic N) is 1. The fourth-order valence-corrected chi connectivity index (χ4v) is 4.43. The molecule has 178 valence electrons.